The highest BCUT2D eigenvalue weighted by Gasteiger charge is 2.34. The van der Waals surface area contributed by atoms with E-state index in [1.807, 2.05) is 0 Å². The van der Waals surface area contributed by atoms with Gasteiger partial charge in [0.25, 0.3) is 5.91 Å². The molecule has 94 valence electrons. The molecule has 1 fully saturated rings. The number of nitrogens with one attached hydrogen (secondary N) is 1. The van der Waals surface area contributed by atoms with Crippen LogP contribution in [0, 0.1) is 6.92 Å². The molecule has 1 saturated heterocycles. The van der Waals surface area contributed by atoms with Crippen molar-refractivity contribution >= 4 is 21.8 Å². The molecule has 1 aliphatic rings. The van der Waals surface area contributed by atoms with Crippen LogP contribution in [0.2, 0.25) is 0 Å². The Bertz CT molecular complexity index is 399. The summed E-state index contributed by atoms with van der Waals surface area (Å²) in [4.78, 5) is 16.0. The monoisotopic (exact) mass is 302 g/mol. The molecular formula is C11H15BrN2O3. The van der Waals surface area contributed by atoms with Crippen molar-refractivity contribution in [1.29, 1.82) is 0 Å². The molecule has 1 N–H and O–H groups in total. The molecule has 1 amide bonds. The number of ether oxygens (including phenoxy) is 1. The predicted molar refractivity (Wildman–Crippen MR) is 65.3 cm³/mol. The summed E-state index contributed by atoms with van der Waals surface area (Å²) in [6.07, 6.45) is 2.89. The van der Waals surface area contributed by atoms with Crippen molar-refractivity contribution in [3.8, 4) is 0 Å². The fraction of sp³-hybridized carbons (Fsp3) is 0.636. The van der Waals surface area contributed by atoms with Crippen LogP contribution in [0.3, 0.4) is 0 Å². The molecule has 0 saturated carbocycles. The first-order valence-electron chi connectivity index (χ1n) is 5.53. The number of hydrogen-bond donors (Lipinski definition) is 1. The van der Waals surface area contributed by atoms with E-state index >= 15 is 0 Å². The zero-order chi connectivity index (χ0) is 12.3. The van der Waals surface area contributed by atoms with Crippen molar-refractivity contribution in [3.05, 3.63) is 17.8 Å². The summed E-state index contributed by atoms with van der Waals surface area (Å²) in [6.45, 7) is 3.09. The second-order valence-corrected chi connectivity index (χ2v) is 4.81. The highest BCUT2D eigenvalue weighted by Crippen LogP contribution is 2.23. The maximum atomic E-state index is 12.1. The lowest BCUT2D eigenvalue weighted by Gasteiger charge is -2.36. The molecule has 0 spiro atoms. The summed E-state index contributed by atoms with van der Waals surface area (Å²) in [7, 11) is 0. The average Bonchev–Trinajstić information content (AvgIpc) is 2.77. The van der Waals surface area contributed by atoms with Gasteiger partial charge in [0, 0.05) is 18.5 Å². The first-order valence-corrected chi connectivity index (χ1v) is 6.65. The number of nitrogens with zero attached hydrogens (tertiary/aromatic N) is 1. The Morgan fingerprint density at radius 3 is 2.82 bits per heavy atom. The van der Waals surface area contributed by atoms with Crippen molar-refractivity contribution in [1.82, 2.24) is 10.3 Å². The Morgan fingerprint density at radius 2 is 2.29 bits per heavy atom. The second kappa shape index (κ2) is 5.18. The maximum absolute atomic E-state index is 12.1. The van der Waals surface area contributed by atoms with Gasteiger partial charge < -0.3 is 14.5 Å². The summed E-state index contributed by atoms with van der Waals surface area (Å²) in [6, 6.07) is 0. The highest BCUT2D eigenvalue weighted by molar-refractivity contribution is 9.09. The molecule has 5 nitrogen and oxygen atoms in total. The lowest BCUT2D eigenvalue weighted by molar-refractivity contribution is 0.0433. The van der Waals surface area contributed by atoms with Crippen LogP contribution in [0.1, 0.15) is 29.1 Å². The van der Waals surface area contributed by atoms with E-state index < -0.39 is 0 Å². The van der Waals surface area contributed by atoms with E-state index in [1.165, 1.54) is 6.39 Å². The molecule has 0 aliphatic carbocycles. The van der Waals surface area contributed by atoms with Gasteiger partial charge >= 0.3 is 0 Å². The van der Waals surface area contributed by atoms with Crippen molar-refractivity contribution in [2.24, 2.45) is 0 Å². The third kappa shape index (κ3) is 2.69. The largest absolute Gasteiger partial charge is 0.438 e. The summed E-state index contributed by atoms with van der Waals surface area (Å²) in [5.74, 6) is 0.0816. The van der Waals surface area contributed by atoms with E-state index in [0.717, 1.165) is 12.8 Å². The summed E-state index contributed by atoms with van der Waals surface area (Å²) < 4.78 is 10.4. The molecule has 2 heterocycles. The molecule has 0 bridgehead atoms. The van der Waals surface area contributed by atoms with Crippen molar-refractivity contribution in [2.75, 3.05) is 18.5 Å². The van der Waals surface area contributed by atoms with Crippen LogP contribution in [-0.2, 0) is 4.74 Å². The van der Waals surface area contributed by atoms with E-state index in [4.69, 9.17) is 9.15 Å². The molecule has 0 unspecified atom stereocenters. The van der Waals surface area contributed by atoms with Gasteiger partial charge in [-0.3, -0.25) is 4.79 Å². The van der Waals surface area contributed by atoms with Crippen molar-refractivity contribution in [2.45, 2.75) is 25.3 Å². The van der Waals surface area contributed by atoms with Gasteiger partial charge in [-0.2, -0.15) is 0 Å². The summed E-state index contributed by atoms with van der Waals surface area (Å²) in [5, 5.41) is 3.74. The Labute approximate surface area is 108 Å². The maximum Gasteiger partial charge on any atom is 0.289 e. The summed E-state index contributed by atoms with van der Waals surface area (Å²) >= 11 is 3.46. The molecule has 17 heavy (non-hydrogen) atoms. The fourth-order valence-corrected chi connectivity index (χ4v) is 2.57. The van der Waals surface area contributed by atoms with Gasteiger partial charge in [0.05, 0.1) is 11.2 Å². The average molecular weight is 303 g/mol. The van der Waals surface area contributed by atoms with Gasteiger partial charge in [-0.15, -0.1) is 0 Å². The number of carbonyl (C=O) groups excluding carboxylic acids is 1. The van der Waals surface area contributed by atoms with Gasteiger partial charge in [0.15, 0.2) is 6.39 Å². The van der Waals surface area contributed by atoms with Crippen molar-refractivity contribution in [3.63, 3.8) is 0 Å². The van der Waals surface area contributed by atoms with Gasteiger partial charge in [0.2, 0.25) is 5.76 Å². The van der Waals surface area contributed by atoms with Gasteiger partial charge in [-0.1, -0.05) is 15.9 Å². The third-order valence-electron chi connectivity index (χ3n) is 3.04. The topological polar surface area (TPSA) is 64.4 Å². The van der Waals surface area contributed by atoms with Gasteiger partial charge in [-0.05, 0) is 19.8 Å². The molecule has 0 aromatic carbocycles. The van der Waals surface area contributed by atoms with E-state index in [1.54, 1.807) is 6.92 Å². The third-order valence-corrected chi connectivity index (χ3v) is 4.11. The van der Waals surface area contributed by atoms with Crippen LogP contribution in [0.25, 0.3) is 0 Å². The van der Waals surface area contributed by atoms with Crippen LogP contribution < -0.4 is 5.32 Å². The second-order valence-electron chi connectivity index (χ2n) is 4.25. The van der Waals surface area contributed by atoms with Crippen LogP contribution in [0.15, 0.2) is 10.8 Å². The lowest BCUT2D eigenvalue weighted by atomic mass is 9.92. The smallest absolute Gasteiger partial charge is 0.289 e. The molecule has 2 rings (SSSR count). The lowest BCUT2D eigenvalue weighted by Crippen LogP contribution is -2.53. The molecule has 0 radical (unpaired) electrons. The number of aryl methyl sites for hydroxylation is 1. The zero-order valence-electron chi connectivity index (χ0n) is 9.66. The molecule has 0 atom stereocenters. The minimum Gasteiger partial charge on any atom is -0.438 e. The number of carbonyl (C=O) groups is 1. The Morgan fingerprint density at radius 1 is 1.59 bits per heavy atom. The number of hydrogen-bond acceptors (Lipinski definition) is 4. The zero-order valence-corrected chi connectivity index (χ0v) is 11.2. The molecule has 6 heteroatoms. The molecular weight excluding hydrogens is 288 g/mol. The number of amides is 1. The van der Waals surface area contributed by atoms with E-state index in [2.05, 4.69) is 26.2 Å². The van der Waals surface area contributed by atoms with E-state index in [-0.39, 0.29) is 17.2 Å². The number of halogens is 1. The number of aromatic nitrogens is 1. The van der Waals surface area contributed by atoms with Crippen molar-refractivity contribution < 1.29 is 13.9 Å². The van der Waals surface area contributed by atoms with Crippen LogP contribution in [0.5, 0.6) is 0 Å². The van der Waals surface area contributed by atoms with Crippen LogP contribution in [0.4, 0.5) is 0 Å². The van der Waals surface area contributed by atoms with Gasteiger partial charge in [0.1, 0.15) is 0 Å². The first kappa shape index (κ1) is 12.6. The number of oxazole rings is 1. The van der Waals surface area contributed by atoms with E-state index in [0.29, 0.717) is 24.2 Å². The SMILES string of the molecule is Cc1ncoc1C(=O)NC1(CBr)CCOCC1. The normalized spacial score (nSPS) is 18.9. The number of rotatable bonds is 3. The molecule has 1 aromatic rings. The quantitative estimate of drug-likeness (QED) is 0.863. The molecule has 1 aliphatic heterocycles. The molecule has 1 aromatic heterocycles. The van der Waals surface area contributed by atoms with Gasteiger partial charge in [-0.25, -0.2) is 4.98 Å². The fourth-order valence-electron chi connectivity index (χ4n) is 1.87. The number of alkyl halides is 1. The predicted octanol–water partition coefficient (Wildman–Crippen LogP) is 1.66. The van der Waals surface area contributed by atoms with Crippen LogP contribution >= 0.6 is 15.9 Å². The highest BCUT2D eigenvalue weighted by atomic mass is 79.9. The Balaban J connectivity index is 2.08. The minimum atomic E-state index is -0.242. The Kier molecular flexibility index (Phi) is 3.83. The standard InChI is InChI=1S/C11H15BrN2O3/c1-8-9(17-7-13-8)10(15)14-11(6-12)2-4-16-5-3-11/h7H,2-6H2,1H3,(H,14,15). The minimum absolute atomic E-state index is 0.207. The Hall–Kier alpha value is -0.880. The van der Waals surface area contributed by atoms with Crippen LogP contribution in [-0.4, -0.2) is 35.0 Å². The van der Waals surface area contributed by atoms with E-state index in [9.17, 15) is 4.79 Å². The summed E-state index contributed by atoms with van der Waals surface area (Å²) in [5.41, 5.74) is 0.369. The first-order chi connectivity index (χ1) is 8.17.